The number of hydrogen-bond donors (Lipinski definition) is 1. The molecule has 1 saturated heterocycles. The average Bonchev–Trinajstić information content (AvgIpc) is 2.36. The van der Waals surface area contributed by atoms with Crippen LogP contribution in [0.2, 0.25) is 10.0 Å². The quantitative estimate of drug-likeness (QED) is 0.809. The summed E-state index contributed by atoms with van der Waals surface area (Å²) in [7, 11) is 0. The lowest BCUT2D eigenvalue weighted by molar-refractivity contribution is -0.144. The van der Waals surface area contributed by atoms with Crippen LogP contribution in [0.3, 0.4) is 0 Å². The van der Waals surface area contributed by atoms with E-state index in [1.807, 2.05) is 0 Å². The smallest absolute Gasteiger partial charge is 0.313 e. The van der Waals surface area contributed by atoms with Gasteiger partial charge in [-0.1, -0.05) is 30.1 Å². The van der Waals surface area contributed by atoms with Crippen LogP contribution in [0.1, 0.15) is 19.8 Å². The van der Waals surface area contributed by atoms with Crippen LogP contribution in [0.5, 0.6) is 0 Å². The number of amides is 2. The zero-order chi connectivity index (χ0) is 14.7. The molecule has 0 saturated carbocycles. The highest BCUT2D eigenvalue weighted by Crippen LogP contribution is 2.22. The Bertz CT molecular complexity index is 514. The van der Waals surface area contributed by atoms with Crippen LogP contribution in [-0.4, -0.2) is 29.8 Å². The van der Waals surface area contributed by atoms with Gasteiger partial charge >= 0.3 is 11.8 Å². The van der Waals surface area contributed by atoms with Crippen molar-refractivity contribution in [2.45, 2.75) is 19.8 Å². The summed E-state index contributed by atoms with van der Waals surface area (Å²) in [5.74, 6) is -0.730. The molecule has 1 aromatic rings. The maximum absolute atomic E-state index is 12.1. The van der Waals surface area contributed by atoms with E-state index in [2.05, 4.69) is 12.2 Å². The van der Waals surface area contributed by atoms with Gasteiger partial charge in [0.2, 0.25) is 0 Å². The lowest BCUT2D eigenvalue weighted by atomic mass is 10.0. The molecule has 1 atom stereocenters. The molecule has 0 radical (unpaired) electrons. The lowest BCUT2D eigenvalue weighted by Crippen LogP contribution is -2.44. The van der Waals surface area contributed by atoms with Gasteiger partial charge in [-0.25, -0.2) is 0 Å². The van der Waals surface area contributed by atoms with Crippen molar-refractivity contribution in [3.05, 3.63) is 28.2 Å². The molecule has 4 nitrogen and oxygen atoms in total. The molecule has 0 aromatic heterocycles. The number of hydrogen-bond acceptors (Lipinski definition) is 2. The van der Waals surface area contributed by atoms with Crippen LogP contribution in [-0.2, 0) is 9.59 Å². The first-order chi connectivity index (χ1) is 9.45. The highest BCUT2D eigenvalue weighted by Gasteiger charge is 2.26. The Morgan fingerprint density at radius 3 is 2.50 bits per heavy atom. The molecule has 1 heterocycles. The Kier molecular flexibility index (Phi) is 4.89. The van der Waals surface area contributed by atoms with Crippen molar-refractivity contribution in [1.29, 1.82) is 0 Å². The van der Waals surface area contributed by atoms with E-state index < -0.39 is 11.8 Å². The number of benzene rings is 1. The normalized spacial score (nSPS) is 18.8. The van der Waals surface area contributed by atoms with Crippen LogP contribution >= 0.6 is 23.2 Å². The molecule has 1 fully saturated rings. The summed E-state index contributed by atoms with van der Waals surface area (Å²) in [5.41, 5.74) is 0.422. The van der Waals surface area contributed by atoms with Crippen LogP contribution in [0, 0.1) is 5.92 Å². The third-order valence-electron chi connectivity index (χ3n) is 3.26. The second kappa shape index (κ2) is 6.46. The fraction of sp³-hybridized carbons (Fsp3) is 0.429. The summed E-state index contributed by atoms with van der Waals surface area (Å²) in [6, 6.07) is 4.67. The van der Waals surface area contributed by atoms with E-state index in [0.717, 1.165) is 12.8 Å². The predicted molar refractivity (Wildman–Crippen MR) is 80.1 cm³/mol. The van der Waals surface area contributed by atoms with Crippen molar-refractivity contribution in [3.63, 3.8) is 0 Å². The third kappa shape index (κ3) is 3.87. The van der Waals surface area contributed by atoms with Gasteiger partial charge < -0.3 is 10.2 Å². The minimum Gasteiger partial charge on any atom is -0.334 e. The molecule has 1 aliphatic heterocycles. The first kappa shape index (κ1) is 15.1. The van der Waals surface area contributed by atoms with E-state index >= 15 is 0 Å². The zero-order valence-corrected chi connectivity index (χ0v) is 12.7. The number of anilines is 1. The van der Waals surface area contributed by atoms with Gasteiger partial charge in [-0.2, -0.15) is 0 Å². The van der Waals surface area contributed by atoms with Gasteiger partial charge in [0.1, 0.15) is 0 Å². The molecule has 2 rings (SSSR count). The minimum absolute atomic E-state index is 0.409. The van der Waals surface area contributed by atoms with Crippen molar-refractivity contribution in [1.82, 2.24) is 4.90 Å². The van der Waals surface area contributed by atoms with E-state index in [1.54, 1.807) is 23.1 Å². The largest absolute Gasteiger partial charge is 0.334 e. The molecule has 108 valence electrons. The predicted octanol–water partition coefficient (Wildman–Crippen LogP) is 3.19. The molecule has 6 heteroatoms. The number of carbonyl (C=O) groups is 2. The molecule has 0 bridgehead atoms. The topological polar surface area (TPSA) is 49.4 Å². The van der Waals surface area contributed by atoms with Gasteiger partial charge in [-0.15, -0.1) is 0 Å². The molecule has 1 unspecified atom stereocenters. The second-order valence-corrected chi connectivity index (χ2v) is 5.98. The number of nitrogens with one attached hydrogen (secondary N) is 1. The molecular formula is C14H16Cl2N2O2. The molecular weight excluding hydrogens is 299 g/mol. The van der Waals surface area contributed by atoms with Crippen LogP contribution < -0.4 is 5.32 Å². The second-order valence-electron chi connectivity index (χ2n) is 5.11. The Morgan fingerprint density at radius 1 is 1.25 bits per heavy atom. The SMILES string of the molecule is CC1CCCN(C(=O)C(=O)Nc2cc(Cl)cc(Cl)c2)C1. The summed E-state index contributed by atoms with van der Waals surface area (Å²) < 4.78 is 0. The van der Waals surface area contributed by atoms with Crippen molar-refractivity contribution in [3.8, 4) is 0 Å². The highest BCUT2D eigenvalue weighted by atomic mass is 35.5. The zero-order valence-electron chi connectivity index (χ0n) is 11.2. The maximum atomic E-state index is 12.1. The summed E-state index contributed by atoms with van der Waals surface area (Å²) in [4.78, 5) is 25.6. The fourth-order valence-electron chi connectivity index (χ4n) is 2.33. The first-order valence-electron chi connectivity index (χ1n) is 6.52. The van der Waals surface area contributed by atoms with Gasteiger partial charge in [0, 0.05) is 28.8 Å². The number of rotatable bonds is 1. The number of carbonyl (C=O) groups excluding carboxylic acids is 2. The minimum atomic E-state index is -0.655. The Hall–Kier alpha value is -1.26. The molecule has 20 heavy (non-hydrogen) atoms. The first-order valence-corrected chi connectivity index (χ1v) is 7.27. The maximum Gasteiger partial charge on any atom is 0.313 e. The van der Waals surface area contributed by atoms with Gasteiger partial charge in [-0.05, 0) is 37.0 Å². The fourth-order valence-corrected chi connectivity index (χ4v) is 2.85. The number of likely N-dealkylation sites (tertiary alicyclic amines) is 1. The van der Waals surface area contributed by atoms with Crippen molar-refractivity contribution in [2.24, 2.45) is 5.92 Å². The van der Waals surface area contributed by atoms with E-state index in [9.17, 15) is 9.59 Å². The van der Waals surface area contributed by atoms with Gasteiger partial charge in [0.05, 0.1) is 0 Å². The molecule has 0 spiro atoms. The van der Waals surface area contributed by atoms with E-state index in [4.69, 9.17) is 23.2 Å². The van der Waals surface area contributed by atoms with Crippen molar-refractivity contribution >= 4 is 40.7 Å². The van der Waals surface area contributed by atoms with Crippen LogP contribution in [0.25, 0.3) is 0 Å². The van der Waals surface area contributed by atoms with Gasteiger partial charge in [0.25, 0.3) is 0 Å². The third-order valence-corrected chi connectivity index (χ3v) is 3.70. The van der Waals surface area contributed by atoms with Crippen molar-refractivity contribution in [2.75, 3.05) is 18.4 Å². The van der Waals surface area contributed by atoms with Crippen LogP contribution in [0.4, 0.5) is 5.69 Å². The van der Waals surface area contributed by atoms with E-state index in [0.29, 0.717) is 34.7 Å². The Balaban J connectivity index is 2.02. The summed E-state index contributed by atoms with van der Waals surface area (Å²) >= 11 is 11.7. The van der Waals surface area contributed by atoms with Gasteiger partial charge in [-0.3, -0.25) is 9.59 Å². The van der Waals surface area contributed by atoms with E-state index in [-0.39, 0.29) is 0 Å². The summed E-state index contributed by atoms with van der Waals surface area (Å²) in [5, 5.41) is 3.35. The molecule has 1 aliphatic rings. The lowest BCUT2D eigenvalue weighted by Gasteiger charge is -2.30. The van der Waals surface area contributed by atoms with Crippen LogP contribution in [0.15, 0.2) is 18.2 Å². The molecule has 2 amide bonds. The van der Waals surface area contributed by atoms with Crippen molar-refractivity contribution < 1.29 is 9.59 Å². The molecule has 1 N–H and O–H groups in total. The number of halogens is 2. The standard InChI is InChI=1S/C14H16Cl2N2O2/c1-9-3-2-4-18(8-9)14(20)13(19)17-12-6-10(15)5-11(16)7-12/h5-7,9H,2-4,8H2,1H3,(H,17,19). The molecule has 1 aromatic carbocycles. The number of nitrogens with zero attached hydrogens (tertiary/aromatic N) is 1. The van der Waals surface area contributed by atoms with Gasteiger partial charge in [0.15, 0.2) is 0 Å². The number of piperidine rings is 1. The highest BCUT2D eigenvalue weighted by molar-refractivity contribution is 6.40. The average molecular weight is 315 g/mol. The summed E-state index contributed by atoms with van der Waals surface area (Å²) in [6.45, 7) is 3.34. The summed E-state index contributed by atoms with van der Waals surface area (Å²) in [6.07, 6.45) is 2.03. The Labute approximate surface area is 128 Å². The molecule has 0 aliphatic carbocycles. The Morgan fingerprint density at radius 2 is 1.90 bits per heavy atom. The monoisotopic (exact) mass is 314 g/mol. The van der Waals surface area contributed by atoms with E-state index in [1.165, 1.54) is 0 Å².